The molecule has 0 bridgehead atoms. The summed E-state index contributed by atoms with van der Waals surface area (Å²) < 4.78 is 41.4. The number of hydrogen-bond donors (Lipinski definition) is 1. The van der Waals surface area contributed by atoms with Crippen LogP contribution in [0.4, 0.5) is 10.1 Å². The van der Waals surface area contributed by atoms with Crippen molar-refractivity contribution < 1.29 is 12.8 Å². The lowest BCUT2D eigenvalue weighted by molar-refractivity contribution is 0.601. The van der Waals surface area contributed by atoms with Crippen LogP contribution in [0.25, 0.3) is 10.9 Å². The van der Waals surface area contributed by atoms with Crippen LogP contribution in [0.3, 0.4) is 0 Å². The van der Waals surface area contributed by atoms with E-state index in [0.717, 1.165) is 6.07 Å². The summed E-state index contributed by atoms with van der Waals surface area (Å²) in [5, 5.41) is 0.773. The Labute approximate surface area is 141 Å². The topological polar surface area (TPSA) is 59.1 Å². The van der Waals surface area contributed by atoms with Gasteiger partial charge in [0, 0.05) is 21.6 Å². The first kappa shape index (κ1) is 16.0. The highest BCUT2D eigenvalue weighted by molar-refractivity contribution is 7.93. The molecule has 0 spiro atoms. The van der Waals surface area contributed by atoms with Crippen LogP contribution >= 0.6 is 23.2 Å². The SMILES string of the molecule is O=S(=O)(Nc1cc(Cl)cc(Cl)c1)c1ccc(F)c2ncccc12. The van der Waals surface area contributed by atoms with Gasteiger partial charge in [-0.1, -0.05) is 23.2 Å². The van der Waals surface area contributed by atoms with Gasteiger partial charge in [0.05, 0.1) is 10.6 Å². The minimum absolute atomic E-state index is 0.0144. The van der Waals surface area contributed by atoms with Crippen LogP contribution in [0.5, 0.6) is 0 Å². The first-order valence-corrected chi connectivity index (χ1v) is 8.63. The predicted molar refractivity (Wildman–Crippen MR) is 89.0 cm³/mol. The number of halogens is 3. The van der Waals surface area contributed by atoms with Crippen molar-refractivity contribution in [3.63, 3.8) is 0 Å². The summed E-state index contributed by atoms with van der Waals surface area (Å²) in [5.41, 5.74) is 0.198. The van der Waals surface area contributed by atoms with Gasteiger partial charge < -0.3 is 0 Å². The Balaban J connectivity index is 2.12. The predicted octanol–water partition coefficient (Wildman–Crippen LogP) is 4.48. The molecular formula is C15H9Cl2FN2O2S. The van der Waals surface area contributed by atoms with Crippen molar-refractivity contribution in [3.8, 4) is 0 Å². The van der Waals surface area contributed by atoms with Crippen molar-refractivity contribution in [2.75, 3.05) is 4.72 Å². The zero-order chi connectivity index (χ0) is 16.6. The van der Waals surface area contributed by atoms with Crippen LogP contribution in [0.15, 0.2) is 53.6 Å². The zero-order valence-electron chi connectivity index (χ0n) is 11.4. The number of pyridine rings is 1. The van der Waals surface area contributed by atoms with Crippen molar-refractivity contribution in [1.82, 2.24) is 4.98 Å². The van der Waals surface area contributed by atoms with Crippen molar-refractivity contribution in [3.05, 3.63) is 64.5 Å². The number of nitrogens with one attached hydrogen (secondary N) is 1. The second-order valence-electron chi connectivity index (χ2n) is 4.71. The number of fused-ring (bicyclic) bond motifs is 1. The van der Waals surface area contributed by atoms with Crippen LogP contribution in [0.2, 0.25) is 10.0 Å². The normalized spacial score (nSPS) is 11.6. The second-order valence-corrected chi connectivity index (χ2v) is 7.23. The van der Waals surface area contributed by atoms with Gasteiger partial charge in [-0.3, -0.25) is 9.71 Å². The molecule has 23 heavy (non-hydrogen) atoms. The van der Waals surface area contributed by atoms with Gasteiger partial charge in [-0.15, -0.1) is 0 Å². The average Bonchev–Trinajstić information content (AvgIpc) is 2.46. The number of benzene rings is 2. The molecule has 0 unspecified atom stereocenters. The number of anilines is 1. The Morgan fingerprint density at radius 3 is 2.43 bits per heavy atom. The summed E-state index contributed by atoms with van der Waals surface area (Å²) in [7, 11) is -3.96. The molecule has 0 atom stereocenters. The molecule has 0 aliphatic rings. The molecule has 1 aromatic heterocycles. The molecule has 3 rings (SSSR count). The summed E-state index contributed by atoms with van der Waals surface area (Å²) in [6.07, 6.45) is 1.39. The Kier molecular flexibility index (Phi) is 4.14. The third-order valence-electron chi connectivity index (χ3n) is 3.08. The fourth-order valence-electron chi connectivity index (χ4n) is 2.17. The van der Waals surface area contributed by atoms with E-state index in [9.17, 15) is 12.8 Å². The largest absolute Gasteiger partial charge is 0.280 e. The minimum Gasteiger partial charge on any atom is -0.280 e. The maximum absolute atomic E-state index is 13.8. The number of hydrogen-bond acceptors (Lipinski definition) is 3. The van der Waals surface area contributed by atoms with E-state index in [0.29, 0.717) is 10.0 Å². The molecule has 0 saturated carbocycles. The molecule has 0 aliphatic heterocycles. The summed E-state index contributed by atoms with van der Waals surface area (Å²) in [5.74, 6) is -0.592. The molecule has 1 N–H and O–H groups in total. The molecule has 0 saturated heterocycles. The number of nitrogens with zero attached hydrogens (tertiary/aromatic N) is 1. The van der Waals surface area contributed by atoms with E-state index in [2.05, 4.69) is 9.71 Å². The zero-order valence-corrected chi connectivity index (χ0v) is 13.8. The van der Waals surface area contributed by atoms with Gasteiger partial charge in [-0.2, -0.15) is 0 Å². The van der Waals surface area contributed by atoms with Gasteiger partial charge in [-0.25, -0.2) is 12.8 Å². The van der Waals surface area contributed by atoms with Gasteiger partial charge >= 0.3 is 0 Å². The Bertz CT molecular complexity index is 989. The molecule has 0 radical (unpaired) electrons. The summed E-state index contributed by atoms with van der Waals surface area (Å²) >= 11 is 11.7. The Morgan fingerprint density at radius 1 is 1.04 bits per heavy atom. The van der Waals surface area contributed by atoms with Gasteiger partial charge in [0.1, 0.15) is 11.3 Å². The van der Waals surface area contributed by atoms with E-state index >= 15 is 0 Å². The average molecular weight is 371 g/mol. The molecule has 4 nitrogen and oxygen atoms in total. The fraction of sp³-hybridized carbons (Fsp3) is 0. The highest BCUT2D eigenvalue weighted by Crippen LogP contribution is 2.28. The minimum atomic E-state index is -3.96. The van der Waals surface area contributed by atoms with E-state index in [4.69, 9.17) is 23.2 Å². The number of aromatic nitrogens is 1. The Morgan fingerprint density at radius 2 is 1.74 bits per heavy atom. The molecule has 0 fully saturated rings. The lowest BCUT2D eigenvalue weighted by Gasteiger charge is -2.11. The smallest absolute Gasteiger partial charge is 0.262 e. The molecular weight excluding hydrogens is 362 g/mol. The number of sulfonamides is 1. The molecule has 2 aromatic carbocycles. The molecule has 118 valence electrons. The highest BCUT2D eigenvalue weighted by atomic mass is 35.5. The quantitative estimate of drug-likeness (QED) is 0.739. The third-order valence-corrected chi connectivity index (χ3v) is 4.96. The molecule has 0 amide bonds. The number of rotatable bonds is 3. The Hall–Kier alpha value is -1.89. The van der Waals surface area contributed by atoms with Gasteiger partial charge in [0.15, 0.2) is 0 Å². The van der Waals surface area contributed by atoms with Crippen LogP contribution in [-0.2, 0) is 10.0 Å². The first-order chi connectivity index (χ1) is 10.9. The standard InChI is InChI=1S/C15H9Cl2FN2O2S/c16-9-6-10(17)8-11(7-9)20-23(21,22)14-4-3-13(18)15-12(14)2-1-5-19-15/h1-8,20H. The van der Waals surface area contributed by atoms with Crippen molar-refractivity contribution in [2.24, 2.45) is 0 Å². The maximum Gasteiger partial charge on any atom is 0.262 e. The monoisotopic (exact) mass is 370 g/mol. The lowest BCUT2D eigenvalue weighted by atomic mass is 10.2. The molecule has 8 heteroatoms. The van der Waals surface area contributed by atoms with E-state index in [-0.39, 0.29) is 21.5 Å². The van der Waals surface area contributed by atoms with E-state index < -0.39 is 15.8 Å². The summed E-state index contributed by atoms with van der Waals surface area (Å²) in [6, 6.07) is 9.62. The fourth-order valence-corrected chi connectivity index (χ4v) is 3.93. The van der Waals surface area contributed by atoms with Crippen molar-refractivity contribution in [1.29, 1.82) is 0 Å². The highest BCUT2D eigenvalue weighted by Gasteiger charge is 2.20. The van der Waals surface area contributed by atoms with E-state index in [1.54, 1.807) is 0 Å². The third kappa shape index (κ3) is 3.24. The maximum atomic E-state index is 13.8. The van der Waals surface area contributed by atoms with Crippen molar-refractivity contribution in [2.45, 2.75) is 4.90 Å². The second kappa shape index (κ2) is 5.96. The van der Waals surface area contributed by atoms with Gasteiger partial charge in [0.25, 0.3) is 10.0 Å². The first-order valence-electron chi connectivity index (χ1n) is 6.39. The van der Waals surface area contributed by atoms with E-state index in [1.807, 2.05) is 0 Å². The van der Waals surface area contributed by atoms with Gasteiger partial charge in [-0.05, 0) is 42.5 Å². The molecule has 0 aliphatic carbocycles. The molecule has 3 aromatic rings. The van der Waals surface area contributed by atoms with Gasteiger partial charge in [0.2, 0.25) is 0 Å². The van der Waals surface area contributed by atoms with Crippen LogP contribution in [-0.4, -0.2) is 13.4 Å². The van der Waals surface area contributed by atoms with Crippen LogP contribution in [0.1, 0.15) is 0 Å². The van der Waals surface area contributed by atoms with Crippen LogP contribution in [0, 0.1) is 5.82 Å². The van der Waals surface area contributed by atoms with Crippen LogP contribution < -0.4 is 4.72 Å². The molecule has 1 heterocycles. The van der Waals surface area contributed by atoms with E-state index in [1.165, 1.54) is 42.6 Å². The summed E-state index contributed by atoms with van der Waals surface area (Å²) in [6.45, 7) is 0. The van der Waals surface area contributed by atoms with Crippen molar-refractivity contribution >= 4 is 49.8 Å². The lowest BCUT2D eigenvalue weighted by Crippen LogP contribution is -2.13. The summed E-state index contributed by atoms with van der Waals surface area (Å²) in [4.78, 5) is 3.80.